The Morgan fingerprint density at radius 1 is 0.929 bits per heavy atom. The SMILES string of the molecule is COc1ccccc1C(=O)Nc1cccc(-c2ccccc2NC(=O)CF)c1. The van der Waals surface area contributed by atoms with E-state index in [9.17, 15) is 14.0 Å². The molecule has 142 valence electrons. The first-order valence-corrected chi connectivity index (χ1v) is 8.62. The largest absolute Gasteiger partial charge is 0.496 e. The van der Waals surface area contributed by atoms with Crippen molar-refractivity contribution < 1.29 is 18.7 Å². The van der Waals surface area contributed by atoms with Crippen LogP contribution < -0.4 is 15.4 Å². The van der Waals surface area contributed by atoms with Crippen molar-refractivity contribution in [3.05, 3.63) is 78.4 Å². The van der Waals surface area contributed by atoms with Crippen molar-refractivity contribution in [2.24, 2.45) is 0 Å². The molecule has 0 saturated carbocycles. The van der Waals surface area contributed by atoms with Gasteiger partial charge in [-0.3, -0.25) is 9.59 Å². The van der Waals surface area contributed by atoms with Crippen LogP contribution in [0.3, 0.4) is 0 Å². The Labute approximate surface area is 162 Å². The highest BCUT2D eigenvalue weighted by atomic mass is 19.1. The van der Waals surface area contributed by atoms with Gasteiger partial charge in [-0.15, -0.1) is 0 Å². The van der Waals surface area contributed by atoms with E-state index in [1.54, 1.807) is 54.6 Å². The summed E-state index contributed by atoms with van der Waals surface area (Å²) in [5, 5.41) is 5.39. The molecule has 6 heteroatoms. The summed E-state index contributed by atoms with van der Waals surface area (Å²) in [7, 11) is 1.51. The Hall–Kier alpha value is -3.67. The van der Waals surface area contributed by atoms with Gasteiger partial charge in [-0.2, -0.15) is 0 Å². The molecule has 2 N–H and O–H groups in total. The molecule has 28 heavy (non-hydrogen) atoms. The molecule has 0 saturated heterocycles. The van der Waals surface area contributed by atoms with Crippen molar-refractivity contribution in [2.45, 2.75) is 0 Å². The predicted molar refractivity (Wildman–Crippen MR) is 107 cm³/mol. The molecular weight excluding hydrogens is 359 g/mol. The van der Waals surface area contributed by atoms with Crippen LogP contribution in [-0.2, 0) is 4.79 Å². The number of anilines is 2. The lowest BCUT2D eigenvalue weighted by Crippen LogP contribution is -2.14. The first-order valence-electron chi connectivity index (χ1n) is 8.62. The van der Waals surface area contributed by atoms with E-state index in [0.717, 1.165) is 11.1 Å². The molecule has 0 atom stereocenters. The van der Waals surface area contributed by atoms with Gasteiger partial charge in [0.15, 0.2) is 6.67 Å². The summed E-state index contributed by atoms with van der Waals surface area (Å²) in [6, 6.07) is 21.2. The average Bonchev–Trinajstić information content (AvgIpc) is 2.74. The Kier molecular flexibility index (Phi) is 6.01. The van der Waals surface area contributed by atoms with Crippen molar-refractivity contribution in [1.29, 1.82) is 0 Å². The third-order valence-corrected chi connectivity index (χ3v) is 4.11. The number of hydrogen-bond acceptors (Lipinski definition) is 3. The lowest BCUT2D eigenvalue weighted by atomic mass is 10.0. The van der Waals surface area contributed by atoms with Crippen molar-refractivity contribution in [1.82, 2.24) is 0 Å². The summed E-state index contributed by atoms with van der Waals surface area (Å²) in [4.78, 5) is 24.0. The molecule has 0 aliphatic carbocycles. The number of methoxy groups -OCH3 is 1. The minimum absolute atomic E-state index is 0.298. The van der Waals surface area contributed by atoms with Crippen LogP contribution in [0.4, 0.5) is 15.8 Å². The third kappa shape index (κ3) is 4.35. The van der Waals surface area contributed by atoms with Gasteiger partial charge >= 0.3 is 0 Å². The summed E-state index contributed by atoms with van der Waals surface area (Å²) in [5.41, 5.74) is 3.00. The van der Waals surface area contributed by atoms with Crippen LogP contribution in [0.5, 0.6) is 5.75 Å². The lowest BCUT2D eigenvalue weighted by molar-refractivity contribution is -0.117. The highest BCUT2D eigenvalue weighted by Gasteiger charge is 2.13. The molecule has 2 amide bonds. The Morgan fingerprint density at radius 2 is 1.68 bits per heavy atom. The Bertz CT molecular complexity index is 1000. The van der Waals surface area contributed by atoms with Gasteiger partial charge < -0.3 is 15.4 Å². The lowest BCUT2D eigenvalue weighted by Gasteiger charge is -2.13. The second-order valence-corrected chi connectivity index (χ2v) is 5.96. The van der Waals surface area contributed by atoms with E-state index in [-0.39, 0.29) is 5.91 Å². The number of carbonyl (C=O) groups excluding carboxylic acids is 2. The summed E-state index contributed by atoms with van der Waals surface area (Å²) in [5.74, 6) is -0.530. The molecule has 0 fully saturated rings. The second kappa shape index (κ2) is 8.81. The van der Waals surface area contributed by atoms with Gasteiger partial charge in [0.05, 0.1) is 12.7 Å². The maximum Gasteiger partial charge on any atom is 0.259 e. The average molecular weight is 378 g/mol. The highest BCUT2D eigenvalue weighted by Crippen LogP contribution is 2.30. The van der Waals surface area contributed by atoms with Crippen LogP contribution in [0, 0.1) is 0 Å². The van der Waals surface area contributed by atoms with Crippen LogP contribution in [0.1, 0.15) is 10.4 Å². The molecule has 3 rings (SSSR count). The minimum Gasteiger partial charge on any atom is -0.496 e. The van der Waals surface area contributed by atoms with Gasteiger partial charge in [-0.05, 0) is 35.9 Å². The molecule has 0 aliphatic rings. The number of alkyl halides is 1. The number of para-hydroxylation sites is 2. The number of ether oxygens (including phenoxy) is 1. The van der Waals surface area contributed by atoms with Gasteiger partial charge in [0.1, 0.15) is 5.75 Å². The first-order chi connectivity index (χ1) is 13.6. The number of rotatable bonds is 6. The number of halogens is 1. The van der Waals surface area contributed by atoms with E-state index in [1.807, 2.05) is 18.2 Å². The number of benzene rings is 3. The van der Waals surface area contributed by atoms with Crippen molar-refractivity contribution in [3.63, 3.8) is 0 Å². The second-order valence-electron chi connectivity index (χ2n) is 5.96. The van der Waals surface area contributed by atoms with Crippen LogP contribution >= 0.6 is 0 Å². The monoisotopic (exact) mass is 378 g/mol. The van der Waals surface area contributed by atoms with E-state index in [1.165, 1.54) is 7.11 Å². The molecule has 0 bridgehead atoms. The van der Waals surface area contributed by atoms with E-state index in [4.69, 9.17) is 4.74 Å². The minimum atomic E-state index is -1.09. The molecule has 0 aliphatic heterocycles. The molecule has 3 aromatic rings. The van der Waals surface area contributed by atoms with Gasteiger partial charge in [0.2, 0.25) is 0 Å². The fourth-order valence-corrected chi connectivity index (χ4v) is 2.82. The number of amides is 2. The Morgan fingerprint density at radius 3 is 2.46 bits per heavy atom. The van der Waals surface area contributed by atoms with E-state index < -0.39 is 12.6 Å². The van der Waals surface area contributed by atoms with Crippen molar-refractivity contribution in [3.8, 4) is 16.9 Å². The topological polar surface area (TPSA) is 67.4 Å². The zero-order valence-electron chi connectivity index (χ0n) is 15.2. The molecule has 3 aromatic carbocycles. The third-order valence-electron chi connectivity index (χ3n) is 4.11. The van der Waals surface area contributed by atoms with Crippen LogP contribution in [0.2, 0.25) is 0 Å². The summed E-state index contributed by atoms with van der Waals surface area (Å²) >= 11 is 0. The number of carbonyl (C=O) groups is 2. The predicted octanol–water partition coefficient (Wildman–Crippen LogP) is 4.52. The van der Waals surface area contributed by atoms with Gasteiger partial charge in [-0.1, -0.05) is 42.5 Å². The Balaban J connectivity index is 1.87. The van der Waals surface area contributed by atoms with E-state index in [2.05, 4.69) is 10.6 Å². The fraction of sp³-hybridized carbons (Fsp3) is 0.0909. The molecule has 0 radical (unpaired) electrons. The van der Waals surface area contributed by atoms with Crippen molar-refractivity contribution >= 4 is 23.2 Å². The van der Waals surface area contributed by atoms with Gasteiger partial charge in [0, 0.05) is 16.9 Å². The summed E-state index contributed by atoms with van der Waals surface area (Å²) in [6.07, 6.45) is 0. The van der Waals surface area contributed by atoms with E-state index in [0.29, 0.717) is 22.7 Å². The first kappa shape index (κ1) is 19.1. The fourth-order valence-electron chi connectivity index (χ4n) is 2.82. The van der Waals surface area contributed by atoms with E-state index >= 15 is 0 Å². The summed E-state index contributed by atoms with van der Waals surface area (Å²) < 4.78 is 17.8. The zero-order valence-corrected chi connectivity index (χ0v) is 15.2. The maximum absolute atomic E-state index is 12.6. The van der Waals surface area contributed by atoms with Crippen LogP contribution in [-0.4, -0.2) is 25.6 Å². The zero-order chi connectivity index (χ0) is 19.9. The van der Waals surface area contributed by atoms with Gasteiger partial charge in [-0.25, -0.2) is 4.39 Å². The molecule has 0 unspecified atom stereocenters. The highest BCUT2D eigenvalue weighted by molar-refractivity contribution is 6.06. The molecular formula is C22H19FN2O3. The van der Waals surface area contributed by atoms with Crippen molar-refractivity contribution in [2.75, 3.05) is 24.4 Å². The molecule has 0 heterocycles. The normalized spacial score (nSPS) is 10.2. The molecule has 5 nitrogen and oxygen atoms in total. The quantitative estimate of drug-likeness (QED) is 0.663. The summed E-state index contributed by atoms with van der Waals surface area (Å²) in [6.45, 7) is -1.09. The molecule has 0 spiro atoms. The van der Waals surface area contributed by atoms with Gasteiger partial charge in [0.25, 0.3) is 11.8 Å². The molecule has 0 aromatic heterocycles. The van der Waals surface area contributed by atoms with Crippen LogP contribution in [0.25, 0.3) is 11.1 Å². The number of nitrogens with one attached hydrogen (secondary N) is 2. The van der Waals surface area contributed by atoms with Crippen LogP contribution in [0.15, 0.2) is 72.8 Å². The maximum atomic E-state index is 12.6. The number of hydrogen-bond donors (Lipinski definition) is 2. The smallest absolute Gasteiger partial charge is 0.259 e. The standard InChI is InChI=1S/C22H19FN2O3/c1-28-20-12-5-3-10-18(20)22(27)24-16-8-6-7-15(13-16)17-9-2-4-11-19(17)25-21(26)14-23/h2-13H,14H2,1H3,(H,24,27)(H,25,26).